The van der Waals surface area contributed by atoms with E-state index in [0.717, 1.165) is 38.8 Å². The molecule has 2 aliphatic rings. The summed E-state index contributed by atoms with van der Waals surface area (Å²) in [5.74, 6) is 0.339. The Bertz CT molecular complexity index is 307. The minimum absolute atomic E-state index is 0.136. The van der Waals surface area contributed by atoms with Crippen molar-refractivity contribution >= 4 is 5.91 Å². The minimum atomic E-state index is -0.581. The lowest BCUT2D eigenvalue weighted by atomic mass is 9.73. The molecular formula is C15H28N2O2. The number of rotatable bonds is 3. The molecule has 2 N–H and O–H groups in total. The van der Waals surface area contributed by atoms with E-state index < -0.39 is 5.60 Å². The van der Waals surface area contributed by atoms with E-state index in [1.165, 1.54) is 0 Å². The van der Waals surface area contributed by atoms with E-state index in [2.05, 4.69) is 12.2 Å². The number of nitrogens with zero attached hydrogens (tertiary/aromatic N) is 1. The lowest BCUT2D eigenvalue weighted by molar-refractivity contribution is -0.148. The molecule has 0 spiro atoms. The number of carbonyl (C=O) groups excluding carboxylic acids is 1. The number of nitrogens with one attached hydrogen (secondary N) is 1. The summed E-state index contributed by atoms with van der Waals surface area (Å²) in [6.07, 6.45) is 5.41. The molecule has 1 amide bonds. The van der Waals surface area contributed by atoms with Crippen molar-refractivity contribution in [1.82, 2.24) is 10.2 Å². The Labute approximate surface area is 116 Å². The fourth-order valence-electron chi connectivity index (χ4n) is 3.48. The van der Waals surface area contributed by atoms with E-state index in [-0.39, 0.29) is 5.41 Å². The van der Waals surface area contributed by atoms with Gasteiger partial charge in [0.1, 0.15) is 0 Å². The summed E-state index contributed by atoms with van der Waals surface area (Å²) in [6.45, 7) is 7.38. The van der Waals surface area contributed by atoms with E-state index in [4.69, 9.17) is 0 Å². The first-order valence-corrected chi connectivity index (χ1v) is 7.72. The minimum Gasteiger partial charge on any atom is -0.390 e. The third-order valence-electron chi connectivity index (χ3n) is 4.87. The third kappa shape index (κ3) is 3.29. The summed E-state index contributed by atoms with van der Waals surface area (Å²) < 4.78 is 0. The average Bonchev–Trinajstić information content (AvgIpc) is 2.39. The molecule has 0 saturated carbocycles. The maximum absolute atomic E-state index is 12.9. The van der Waals surface area contributed by atoms with Crippen LogP contribution in [-0.4, -0.2) is 47.7 Å². The van der Waals surface area contributed by atoms with E-state index in [1.807, 2.05) is 11.8 Å². The van der Waals surface area contributed by atoms with Gasteiger partial charge in [-0.1, -0.05) is 13.3 Å². The van der Waals surface area contributed by atoms with Crippen LogP contribution in [-0.2, 0) is 4.79 Å². The molecule has 0 unspecified atom stereocenters. The Morgan fingerprint density at radius 2 is 1.79 bits per heavy atom. The molecule has 2 aliphatic heterocycles. The van der Waals surface area contributed by atoms with Gasteiger partial charge in [0.15, 0.2) is 0 Å². The van der Waals surface area contributed by atoms with Crippen molar-refractivity contribution in [1.29, 1.82) is 0 Å². The molecule has 2 heterocycles. The van der Waals surface area contributed by atoms with Gasteiger partial charge in [0.25, 0.3) is 0 Å². The largest absolute Gasteiger partial charge is 0.390 e. The summed E-state index contributed by atoms with van der Waals surface area (Å²) in [5.41, 5.74) is -0.716. The fraction of sp³-hybridized carbons (Fsp3) is 0.933. The lowest BCUT2D eigenvalue weighted by Gasteiger charge is -2.43. The molecule has 0 aromatic carbocycles. The highest BCUT2D eigenvalue weighted by molar-refractivity contribution is 5.83. The summed E-state index contributed by atoms with van der Waals surface area (Å²) in [4.78, 5) is 14.9. The second-order valence-electron chi connectivity index (χ2n) is 6.57. The molecule has 0 aliphatic carbocycles. The van der Waals surface area contributed by atoms with Gasteiger partial charge in [0.2, 0.25) is 5.91 Å². The summed E-state index contributed by atoms with van der Waals surface area (Å²) in [5, 5.41) is 13.4. The van der Waals surface area contributed by atoms with Crippen LogP contribution in [0.5, 0.6) is 0 Å². The van der Waals surface area contributed by atoms with Crippen molar-refractivity contribution in [3.05, 3.63) is 0 Å². The number of piperidine rings is 2. The standard InChI is InChI=1S/C15H28N2O2/c1-3-4-15(5-9-16-10-6-15)13(18)17-11-7-14(2,19)8-12-17/h16,19H,3-12H2,1-2H3. The van der Waals surface area contributed by atoms with E-state index in [9.17, 15) is 9.90 Å². The van der Waals surface area contributed by atoms with Crippen molar-refractivity contribution in [3.8, 4) is 0 Å². The molecule has 2 fully saturated rings. The zero-order valence-corrected chi connectivity index (χ0v) is 12.4. The molecule has 0 radical (unpaired) electrons. The molecule has 19 heavy (non-hydrogen) atoms. The first kappa shape index (κ1) is 14.8. The second kappa shape index (κ2) is 5.80. The Morgan fingerprint density at radius 1 is 1.21 bits per heavy atom. The van der Waals surface area contributed by atoms with Gasteiger partial charge in [-0.05, 0) is 52.1 Å². The highest BCUT2D eigenvalue weighted by Gasteiger charge is 2.42. The van der Waals surface area contributed by atoms with Crippen LogP contribution in [0.2, 0.25) is 0 Å². The van der Waals surface area contributed by atoms with Gasteiger partial charge >= 0.3 is 0 Å². The predicted octanol–water partition coefficient (Wildman–Crippen LogP) is 1.53. The maximum Gasteiger partial charge on any atom is 0.228 e. The van der Waals surface area contributed by atoms with Crippen LogP contribution in [0.4, 0.5) is 0 Å². The van der Waals surface area contributed by atoms with Crippen molar-refractivity contribution in [2.24, 2.45) is 5.41 Å². The first-order chi connectivity index (χ1) is 8.99. The van der Waals surface area contributed by atoms with Crippen LogP contribution >= 0.6 is 0 Å². The van der Waals surface area contributed by atoms with Crippen LogP contribution in [0.25, 0.3) is 0 Å². The molecule has 2 saturated heterocycles. The second-order valence-corrected chi connectivity index (χ2v) is 6.57. The van der Waals surface area contributed by atoms with Crippen molar-refractivity contribution < 1.29 is 9.90 Å². The molecule has 110 valence electrons. The monoisotopic (exact) mass is 268 g/mol. The number of aliphatic hydroxyl groups is 1. The topological polar surface area (TPSA) is 52.6 Å². The lowest BCUT2D eigenvalue weighted by Crippen LogP contribution is -2.53. The number of hydrogen-bond acceptors (Lipinski definition) is 3. The van der Waals surface area contributed by atoms with Crippen LogP contribution in [0.1, 0.15) is 52.4 Å². The van der Waals surface area contributed by atoms with Gasteiger partial charge in [-0.2, -0.15) is 0 Å². The van der Waals surface area contributed by atoms with Gasteiger partial charge in [0, 0.05) is 13.1 Å². The van der Waals surface area contributed by atoms with E-state index >= 15 is 0 Å². The van der Waals surface area contributed by atoms with Gasteiger partial charge < -0.3 is 15.3 Å². The Balaban J connectivity index is 2.03. The quantitative estimate of drug-likeness (QED) is 0.816. The average molecular weight is 268 g/mol. The molecule has 0 aromatic rings. The highest BCUT2D eigenvalue weighted by atomic mass is 16.3. The zero-order valence-electron chi connectivity index (χ0n) is 12.4. The van der Waals surface area contributed by atoms with Crippen molar-refractivity contribution in [2.75, 3.05) is 26.2 Å². The molecular weight excluding hydrogens is 240 g/mol. The smallest absolute Gasteiger partial charge is 0.228 e. The highest BCUT2D eigenvalue weighted by Crippen LogP contribution is 2.37. The Kier molecular flexibility index (Phi) is 4.51. The number of hydrogen-bond donors (Lipinski definition) is 2. The van der Waals surface area contributed by atoms with Crippen LogP contribution in [0.15, 0.2) is 0 Å². The molecule has 4 heteroatoms. The Hall–Kier alpha value is -0.610. The van der Waals surface area contributed by atoms with Gasteiger partial charge in [0.05, 0.1) is 11.0 Å². The van der Waals surface area contributed by atoms with Crippen LogP contribution in [0, 0.1) is 5.41 Å². The van der Waals surface area contributed by atoms with Crippen LogP contribution < -0.4 is 5.32 Å². The number of amides is 1. The van der Waals surface area contributed by atoms with Gasteiger partial charge in [-0.15, -0.1) is 0 Å². The zero-order chi connectivity index (χ0) is 13.9. The van der Waals surface area contributed by atoms with Crippen molar-refractivity contribution in [3.63, 3.8) is 0 Å². The Morgan fingerprint density at radius 3 is 2.32 bits per heavy atom. The maximum atomic E-state index is 12.9. The SMILES string of the molecule is CCCC1(C(=O)N2CCC(C)(O)CC2)CCNCC1. The number of likely N-dealkylation sites (tertiary alicyclic amines) is 1. The molecule has 2 rings (SSSR count). The fourth-order valence-corrected chi connectivity index (χ4v) is 3.48. The summed E-state index contributed by atoms with van der Waals surface area (Å²) in [6, 6.07) is 0. The summed E-state index contributed by atoms with van der Waals surface area (Å²) >= 11 is 0. The molecule has 0 bridgehead atoms. The van der Waals surface area contributed by atoms with Crippen LogP contribution in [0.3, 0.4) is 0 Å². The molecule has 0 atom stereocenters. The van der Waals surface area contributed by atoms with Crippen molar-refractivity contribution in [2.45, 2.75) is 58.0 Å². The summed E-state index contributed by atoms with van der Waals surface area (Å²) in [7, 11) is 0. The molecule has 0 aromatic heterocycles. The normalized spacial score (nSPS) is 26.2. The number of carbonyl (C=O) groups is 1. The predicted molar refractivity (Wildman–Crippen MR) is 75.9 cm³/mol. The third-order valence-corrected chi connectivity index (χ3v) is 4.87. The first-order valence-electron chi connectivity index (χ1n) is 7.72. The van der Waals surface area contributed by atoms with Gasteiger partial charge in [-0.25, -0.2) is 0 Å². The molecule has 4 nitrogen and oxygen atoms in total. The van der Waals surface area contributed by atoms with Gasteiger partial charge in [-0.3, -0.25) is 4.79 Å². The van der Waals surface area contributed by atoms with E-state index in [0.29, 0.717) is 31.8 Å². The van der Waals surface area contributed by atoms with E-state index in [1.54, 1.807) is 0 Å².